The Morgan fingerprint density at radius 1 is 1.07 bits per heavy atom. The SMILES string of the molecule is CCCS(=O)(=O)N1CCCNC(=O)[C@@H](C(C)C)NC(=O)[C@@H](C)NC(=O)CCC1. The first-order chi connectivity index (χ1) is 13.1. The summed E-state index contributed by atoms with van der Waals surface area (Å²) in [4.78, 5) is 36.9. The van der Waals surface area contributed by atoms with Crippen LogP contribution in [-0.4, -0.2) is 67.9 Å². The lowest BCUT2D eigenvalue weighted by Gasteiger charge is -2.24. The van der Waals surface area contributed by atoms with E-state index in [1.54, 1.807) is 13.8 Å². The molecular weight excluding hydrogens is 384 g/mol. The Balaban J connectivity index is 2.95. The maximum Gasteiger partial charge on any atom is 0.242 e. The van der Waals surface area contributed by atoms with E-state index < -0.39 is 28.0 Å². The Morgan fingerprint density at radius 2 is 1.71 bits per heavy atom. The predicted octanol–water partition coefficient (Wildman–Crippen LogP) is -0.0262. The van der Waals surface area contributed by atoms with E-state index in [0.29, 0.717) is 25.8 Å². The van der Waals surface area contributed by atoms with Crippen LogP contribution in [0.25, 0.3) is 0 Å². The van der Waals surface area contributed by atoms with Gasteiger partial charge >= 0.3 is 0 Å². The lowest BCUT2D eigenvalue weighted by Crippen LogP contribution is -2.54. The van der Waals surface area contributed by atoms with Gasteiger partial charge in [0.1, 0.15) is 12.1 Å². The fourth-order valence-corrected chi connectivity index (χ4v) is 4.55. The molecule has 1 heterocycles. The molecule has 0 aromatic carbocycles. The van der Waals surface area contributed by atoms with Crippen molar-refractivity contribution in [2.45, 2.75) is 65.5 Å². The average Bonchev–Trinajstić information content (AvgIpc) is 2.60. The van der Waals surface area contributed by atoms with Gasteiger partial charge in [-0.25, -0.2) is 12.7 Å². The molecule has 10 heteroatoms. The van der Waals surface area contributed by atoms with Gasteiger partial charge in [-0.3, -0.25) is 14.4 Å². The summed E-state index contributed by atoms with van der Waals surface area (Å²) < 4.78 is 26.3. The molecule has 9 nitrogen and oxygen atoms in total. The van der Waals surface area contributed by atoms with Gasteiger partial charge in [0, 0.05) is 26.1 Å². The molecule has 1 fully saturated rings. The highest BCUT2D eigenvalue weighted by Crippen LogP contribution is 2.08. The van der Waals surface area contributed by atoms with Crippen molar-refractivity contribution in [3.05, 3.63) is 0 Å². The van der Waals surface area contributed by atoms with Crippen LogP contribution < -0.4 is 16.0 Å². The van der Waals surface area contributed by atoms with Crippen LogP contribution in [0, 0.1) is 5.92 Å². The Morgan fingerprint density at radius 3 is 2.32 bits per heavy atom. The number of sulfonamides is 1. The van der Waals surface area contributed by atoms with Crippen LogP contribution in [0.3, 0.4) is 0 Å². The fraction of sp³-hybridized carbons (Fsp3) is 0.833. The topological polar surface area (TPSA) is 125 Å². The molecule has 0 spiro atoms. The maximum atomic E-state index is 12.4. The predicted molar refractivity (Wildman–Crippen MR) is 107 cm³/mol. The highest BCUT2D eigenvalue weighted by atomic mass is 32.2. The van der Waals surface area contributed by atoms with E-state index in [2.05, 4.69) is 16.0 Å². The maximum absolute atomic E-state index is 12.4. The third-order valence-electron chi connectivity index (χ3n) is 4.57. The van der Waals surface area contributed by atoms with Crippen molar-refractivity contribution in [1.29, 1.82) is 0 Å². The molecule has 0 bridgehead atoms. The van der Waals surface area contributed by atoms with Gasteiger partial charge in [-0.2, -0.15) is 0 Å². The van der Waals surface area contributed by atoms with Gasteiger partial charge in [-0.05, 0) is 32.1 Å². The number of nitrogens with zero attached hydrogens (tertiary/aromatic N) is 1. The first-order valence-electron chi connectivity index (χ1n) is 9.93. The minimum atomic E-state index is -3.40. The normalized spacial score (nSPS) is 24.7. The number of rotatable bonds is 4. The quantitative estimate of drug-likeness (QED) is 0.591. The Hall–Kier alpha value is -1.68. The van der Waals surface area contributed by atoms with Crippen molar-refractivity contribution in [2.24, 2.45) is 5.92 Å². The highest BCUT2D eigenvalue weighted by molar-refractivity contribution is 7.89. The molecular formula is C18H34N4O5S. The summed E-state index contributed by atoms with van der Waals surface area (Å²) in [5.74, 6) is -1.15. The van der Waals surface area contributed by atoms with Gasteiger partial charge in [-0.15, -0.1) is 0 Å². The molecule has 2 atom stereocenters. The van der Waals surface area contributed by atoms with Gasteiger partial charge in [0.2, 0.25) is 27.7 Å². The number of carbonyl (C=O) groups is 3. The lowest BCUT2D eigenvalue weighted by molar-refractivity contribution is -0.132. The number of nitrogens with one attached hydrogen (secondary N) is 3. The Labute approximate surface area is 168 Å². The molecule has 1 rings (SSSR count). The molecule has 0 radical (unpaired) electrons. The zero-order valence-corrected chi connectivity index (χ0v) is 18.1. The number of hydrogen-bond acceptors (Lipinski definition) is 5. The van der Waals surface area contributed by atoms with E-state index in [4.69, 9.17) is 0 Å². The number of amides is 3. The highest BCUT2D eigenvalue weighted by Gasteiger charge is 2.27. The summed E-state index contributed by atoms with van der Waals surface area (Å²) in [7, 11) is -3.40. The van der Waals surface area contributed by atoms with Gasteiger partial charge in [0.05, 0.1) is 5.75 Å². The van der Waals surface area contributed by atoms with Crippen LogP contribution in [0.5, 0.6) is 0 Å². The second-order valence-electron chi connectivity index (χ2n) is 7.48. The van der Waals surface area contributed by atoms with Crippen LogP contribution in [0.2, 0.25) is 0 Å². The summed E-state index contributed by atoms with van der Waals surface area (Å²) in [6.07, 6.45) is 1.46. The Bertz CT molecular complexity index is 650. The van der Waals surface area contributed by atoms with Crippen LogP contribution >= 0.6 is 0 Å². The van der Waals surface area contributed by atoms with Crippen molar-refractivity contribution >= 4 is 27.7 Å². The summed E-state index contributed by atoms with van der Waals surface area (Å²) in [5.41, 5.74) is 0. The summed E-state index contributed by atoms with van der Waals surface area (Å²) >= 11 is 0. The fourth-order valence-electron chi connectivity index (χ4n) is 2.96. The summed E-state index contributed by atoms with van der Waals surface area (Å²) in [6, 6.07) is -1.51. The van der Waals surface area contributed by atoms with Gasteiger partial charge in [0.25, 0.3) is 0 Å². The van der Waals surface area contributed by atoms with Crippen molar-refractivity contribution in [3.63, 3.8) is 0 Å². The standard InChI is InChI=1S/C18H34N4O5S/c1-5-12-28(26,27)22-10-6-8-15(23)20-14(4)17(24)21-16(13(2)3)18(25)19-9-7-11-22/h13-14,16H,5-12H2,1-4H3,(H,19,25)(H,20,23)(H,21,24)/t14-,16-/m1/s1. The van der Waals surface area contributed by atoms with Crippen molar-refractivity contribution in [2.75, 3.05) is 25.4 Å². The minimum absolute atomic E-state index is 0.0520. The third kappa shape index (κ3) is 7.75. The molecule has 3 N–H and O–H groups in total. The van der Waals surface area contributed by atoms with Crippen molar-refractivity contribution in [3.8, 4) is 0 Å². The molecule has 0 aliphatic carbocycles. The molecule has 3 amide bonds. The van der Waals surface area contributed by atoms with Crippen LogP contribution in [0.4, 0.5) is 0 Å². The molecule has 0 unspecified atom stereocenters. The first kappa shape index (κ1) is 24.4. The largest absolute Gasteiger partial charge is 0.354 e. The number of carbonyl (C=O) groups excluding carboxylic acids is 3. The molecule has 162 valence electrons. The molecule has 0 aromatic heterocycles. The van der Waals surface area contributed by atoms with E-state index >= 15 is 0 Å². The van der Waals surface area contributed by atoms with Gasteiger partial charge in [-0.1, -0.05) is 20.8 Å². The monoisotopic (exact) mass is 418 g/mol. The molecule has 28 heavy (non-hydrogen) atoms. The van der Waals surface area contributed by atoms with Crippen LogP contribution in [0.1, 0.15) is 53.4 Å². The zero-order valence-electron chi connectivity index (χ0n) is 17.3. The molecule has 1 aliphatic rings. The third-order valence-corrected chi connectivity index (χ3v) is 6.64. The van der Waals surface area contributed by atoms with E-state index in [9.17, 15) is 22.8 Å². The lowest BCUT2D eigenvalue weighted by atomic mass is 10.0. The first-order valence-corrected chi connectivity index (χ1v) is 11.5. The Kier molecular flexibility index (Phi) is 9.88. The summed E-state index contributed by atoms with van der Waals surface area (Å²) in [6.45, 7) is 7.82. The average molecular weight is 419 g/mol. The van der Waals surface area contributed by atoms with Gasteiger partial charge < -0.3 is 16.0 Å². The van der Waals surface area contributed by atoms with Crippen LogP contribution in [-0.2, 0) is 24.4 Å². The second-order valence-corrected chi connectivity index (χ2v) is 9.57. The molecule has 0 saturated carbocycles. The van der Waals surface area contributed by atoms with Crippen molar-refractivity contribution < 1.29 is 22.8 Å². The minimum Gasteiger partial charge on any atom is -0.354 e. The molecule has 1 saturated heterocycles. The van der Waals surface area contributed by atoms with Gasteiger partial charge in [0.15, 0.2) is 0 Å². The second kappa shape index (κ2) is 11.4. The smallest absolute Gasteiger partial charge is 0.242 e. The molecule has 1 aliphatic heterocycles. The zero-order chi connectivity index (χ0) is 21.3. The van der Waals surface area contributed by atoms with Crippen LogP contribution in [0.15, 0.2) is 0 Å². The summed E-state index contributed by atoms with van der Waals surface area (Å²) in [5, 5.41) is 8.05. The van der Waals surface area contributed by atoms with E-state index in [-0.39, 0.29) is 43.0 Å². The van der Waals surface area contributed by atoms with E-state index in [1.807, 2.05) is 13.8 Å². The van der Waals surface area contributed by atoms with Crippen molar-refractivity contribution in [1.82, 2.24) is 20.3 Å². The molecule has 0 aromatic rings. The van der Waals surface area contributed by atoms with E-state index in [0.717, 1.165) is 0 Å². The van der Waals surface area contributed by atoms with E-state index in [1.165, 1.54) is 4.31 Å². The number of hydrogen-bond donors (Lipinski definition) is 3.